The Labute approximate surface area is 127 Å². The number of rotatable bonds is 4. The smallest absolute Gasteiger partial charge is 0.339 e. The van der Waals surface area contributed by atoms with Crippen LogP contribution in [0.4, 0.5) is 0 Å². The number of sulfonamides is 1. The zero-order valence-corrected chi connectivity index (χ0v) is 13.1. The first kappa shape index (κ1) is 15.8. The molecule has 1 heterocycles. The van der Waals surface area contributed by atoms with E-state index in [2.05, 4.69) is 20.0 Å². The van der Waals surface area contributed by atoms with E-state index in [0.29, 0.717) is 0 Å². The molecule has 1 aromatic rings. The first-order valence-electron chi connectivity index (χ1n) is 6.13. The topological polar surface area (TPSA) is 98.9 Å². The van der Waals surface area contributed by atoms with E-state index >= 15 is 0 Å². The Balaban J connectivity index is 2.37. The summed E-state index contributed by atoms with van der Waals surface area (Å²) in [6.07, 6.45) is 0.784. The van der Waals surface area contributed by atoms with Crippen molar-refractivity contribution in [2.45, 2.75) is 23.6 Å². The molecule has 0 aromatic heterocycles. The van der Waals surface area contributed by atoms with Crippen molar-refractivity contribution in [1.82, 2.24) is 10.9 Å². The third-order valence-electron chi connectivity index (χ3n) is 2.69. The maximum absolute atomic E-state index is 12.3. The fourth-order valence-corrected chi connectivity index (χ4v) is 3.77. The van der Waals surface area contributed by atoms with Crippen LogP contribution in [0.5, 0.6) is 0 Å². The van der Waals surface area contributed by atoms with E-state index < -0.39 is 16.0 Å². The molecule has 21 heavy (non-hydrogen) atoms. The number of carbonyl (C=O) groups is 1. The quantitative estimate of drug-likeness (QED) is 0.831. The van der Waals surface area contributed by atoms with Gasteiger partial charge < -0.3 is 4.74 Å². The van der Waals surface area contributed by atoms with Gasteiger partial charge in [-0.3, -0.25) is 0 Å². The van der Waals surface area contributed by atoms with Crippen molar-refractivity contribution >= 4 is 32.9 Å². The summed E-state index contributed by atoms with van der Waals surface area (Å²) in [6.45, 7) is 1.95. The molecule has 1 radical (unpaired) electrons. The third-order valence-corrected chi connectivity index (χ3v) is 5.25. The van der Waals surface area contributed by atoms with E-state index in [0.717, 1.165) is 6.42 Å². The average molecular weight is 328 g/mol. The SMILES string of the molecule is CCC1N[N]C(=NS(=O)(=O)c2ccccc2C(=O)OC)S1. The number of methoxy groups -OCH3 is 1. The maximum atomic E-state index is 12.3. The molecule has 1 aromatic carbocycles. The molecule has 1 atom stereocenters. The second-order valence-corrected chi connectivity index (χ2v) is 6.83. The molecule has 0 amide bonds. The van der Waals surface area contributed by atoms with Crippen LogP contribution in [0, 0.1) is 0 Å². The number of thioether (sulfide) groups is 1. The van der Waals surface area contributed by atoms with E-state index in [9.17, 15) is 13.2 Å². The molecule has 1 unspecified atom stereocenters. The summed E-state index contributed by atoms with van der Waals surface area (Å²) in [7, 11) is -2.84. The van der Waals surface area contributed by atoms with Crippen molar-refractivity contribution in [2.24, 2.45) is 4.40 Å². The Hall–Kier alpha value is -1.58. The Morgan fingerprint density at radius 2 is 2.19 bits per heavy atom. The molecule has 113 valence electrons. The highest BCUT2D eigenvalue weighted by molar-refractivity contribution is 8.15. The van der Waals surface area contributed by atoms with Gasteiger partial charge in [0.05, 0.1) is 18.0 Å². The molecule has 0 bridgehead atoms. The van der Waals surface area contributed by atoms with E-state index in [-0.39, 0.29) is 21.0 Å². The zero-order chi connectivity index (χ0) is 15.5. The van der Waals surface area contributed by atoms with Gasteiger partial charge in [0, 0.05) is 0 Å². The predicted octanol–water partition coefficient (Wildman–Crippen LogP) is 1.11. The van der Waals surface area contributed by atoms with Crippen molar-refractivity contribution in [3.8, 4) is 0 Å². The molecular formula is C12H14N3O4S2. The molecule has 7 nitrogen and oxygen atoms in total. The second-order valence-electron chi connectivity index (χ2n) is 4.09. The standard InChI is InChI=1S/C12H14N3O4S2/c1-3-10-13-14-12(20-10)15-21(17,18)9-7-5-4-6-8(9)11(16)19-2/h4-7,10,13H,3H2,1-2H3. The van der Waals surface area contributed by atoms with Crippen LogP contribution >= 0.6 is 11.8 Å². The van der Waals surface area contributed by atoms with Crippen LogP contribution in [-0.2, 0) is 14.8 Å². The Morgan fingerprint density at radius 1 is 1.48 bits per heavy atom. The Bertz CT molecular complexity index is 673. The lowest BCUT2D eigenvalue weighted by molar-refractivity contribution is 0.0596. The van der Waals surface area contributed by atoms with Crippen LogP contribution < -0.4 is 10.9 Å². The summed E-state index contributed by atoms with van der Waals surface area (Å²) < 4.78 is 32.9. The molecule has 0 aliphatic carbocycles. The second kappa shape index (κ2) is 6.46. The monoisotopic (exact) mass is 328 g/mol. The van der Waals surface area contributed by atoms with Gasteiger partial charge in [0.1, 0.15) is 4.90 Å². The number of nitrogens with zero attached hydrogens (tertiary/aromatic N) is 2. The highest BCUT2D eigenvalue weighted by atomic mass is 32.2. The van der Waals surface area contributed by atoms with Crippen LogP contribution in [0.3, 0.4) is 0 Å². The average Bonchev–Trinajstić information content (AvgIpc) is 2.93. The number of esters is 1. The van der Waals surface area contributed by atoms with Crippen LogP contribution in [0.2, 0.25) is 0 Å². The first-order chi connectivity index (χ1) is 9.97. The lowest BCUT2D eigenvalue weighted by atomic mass is 10.2. The van der Waals surface area contributed by atoms with Crippen molar-refractivity contribution in [2.75, 3.05) is 7.11 Å². The minimum atomic E-state index is -4.03. The molecule has 1 fully saturated rings. The first-order valence-corrected chi connectivity index (χ1v) is 8.45. The summed E-state index contributed by atoms with van der Waals surface area (Å²) in [5, 5.41) is 0.135. The van der Waals surface area contributed by atoms with E-state index in [1.807, 2.05) is 6.92 Å². The summed E-state index contributed by atoms with van der Waals surface area (Å²) in [6, 6.07) is 5.77. The highest BCUT2D eigenvalue weighted by Crippen LogP contribution is 2.23. The van der Waals surface area contributed by atoms with Gasteiger partial charge in [-0.2, -0.15) is 19.3 Å². The lowest BCUT2D eigenvalue weighted by Crippen LogP contribution is -2.24. The lowest BCUT2D eigenvalue weighted by Gasteiger charge is -2.05. The zero-order valence-electron chi connectivity index (χ0n) is 11.4. The van der Waals surface area contributed by atoms with Crippen molar-refractivity contribution in [3.63, 3.8) is 0 Å². The van der Waals surface area contributed by atoms with Gasteiger partial charge >= 0.3 is 5.97 Å². The predicted molar refractivity (Wildman–Crippen MR) is 79.3 cm³/mol. The summed E-state index contributed by atoms with van der Waals surface area (Å²) in [5.74, 6) is -0.727. The number of carbonyl (C=O) groups excluding carboxylic acids is 1. The molecule has 1 aliphatic rings. The van der Waals surface area contributed by atoms with Crippen molar-refractivity contribution in [3.05, 3.63) is 29.8 Å². The molecule has 1 saturated heterocycles. The van der Waals surface area contributed by atoms with Crippen LogP contribution in [0.1, 0.15) is 23.7 Å². The van der Waals surface area contributed by atoms with E-state index in [1.165, 1.54) is 37.1 Å². The van der Waals surface area contributed by atoms with E-state index in [4.69, 9.17) is 0 Å². The molecule has 2 rings (SSSR count). The van der Waals surface area contributed by atoms with Crippen LogP contribution in [-0.4, -0.2) is 32.0 Å². The number of nitrogens with one attached hydrogen (secondary N) is 1. The number of ether oxygens (including phenoxy) is 1. The number of hydrogen-bond acceptors (Lipinski definition) is 6. The highest BCUT2D eigenvalue weighted by Gasteiger charge is 2.27. The van der Waals surface area contributed by atoms with Crippen molar-refractivity contribution in [1.29, 1.82) is 0 Å². The Morgan fingerprint density at radius 3 is 2.81 bits per heavy atom. The van der Waals surface area contributed by atoms with Gasteiger partial charge in [-0.15, -0.1) is 4.40 Å². The van der Waals surface area contributed by atoms with Gasteiger partial charge in [0.15, 0.2) is 0 Å². The summed E-state index contributed by atoms with van der Waals surface area (Å²) in [5.41, 5.74) is 6.59. The minimum Gasteiger partial charge on any atom is -0.465 e. The van der Waals surface area contributed by atoms with Gasteiger partial charge in [-0.25, -0.2) is 4.79 Å². The van der Waals surface area contributed by atoms with Crippen LogP contribution in [0.25, 0.3) is 0 Å². The molecule has 9 heteroatoms. The van der Waals surface area contributed by atoms with Gasteiger partial charge in [0.25, 0.3) is 10.0 Å². The summed E-state index contributed by atoms with van der Waals surface area (Å²) in [4.78, 5) is 11.4. The molecular weight excluding hydrogens is 314 g/mol. The number of benzene rings is 1. The van der Waals surface area contributed by atoms with Gasteiger partial charge in [-0.05, 0) is 18.6 Å². The minimum absolute atomic E-state index is 0.00907. The molecule has 1 aliphatic heterocycles. The van der Waals surface area contributed by atoms with E-state index in [1.54, 1.807) is 6.07 Å². The maximum Gasteiger partial charge on any atom is 0.339 e. The van der Waals surface area contributed by atoms with Gasteiger partial charge in [0.2, 0.25) is 5.17 Å². The number of hydrogen-bond donors (Lipinski definition) is 1. The third kappa shape index (κ3) is 3.55. The summed E-state index contributed by atoms with van der Waals surface area (Å²) >= 11 is 1.23. The molecule has 0 spiro atoms. The normalized spacial score (nSPS) is 20.3. The van der Waals surface area contributed by atoms with Crippen LogP contribution in [0.15, 0.2) is 33.6 Å². The number of amidine groups is 1. The molecule has 1 N–H and O–H groups in total. The fourth-order valence-electron chi connectivity index (χ4n) is 1.65. The Kier molecular flexibility index (Phi) is 4.86. The largest absolute Gasteiger partial charge is 0.465 e. The van der Waals surface area contributed by atoms with Crippen molar-refractivity contribution < 1.29 is 17.9 Å². The fraction of sp³-hybridized carbons (Fsp3) is 0.333. The van der Waals surface area contributed by atoms with Gasteiger partial charge in [-0.1, -0.05) is 30.8 Å². The molecule has 0 saturated carbocycles.